The largest absolute Gasteiger partial charge is 0.354 e. The van der Waals surface area contributed by atoms with E-state index < -0.39 is 5.91 Å². The number of benzene rings is 2. The average molecular weight is 434 g/mol. The van der Waals surface area contributed by atoms with Gasteiger partial charge in [0.1, 0.15) is 0 Å². The lowest BCUT2D eigenvalue weighted by Crippen LogP contribution is -2.43. The fourth-order valence-electron chi connectivity index (χ4n) is 3.55. The fraction of sp³-hybridized carbons (Fsp3) is 0.364. The van der Waals surface area contributed by atoms with E-state index in [-0.39, 0.29) is 17.5 Å². The molecule has 29 heavy (non-hydrogen) atoms. The normalized spacial score (nSPS) is 17.0. The molecular weight excluding hydrogens is 409 g/mol. The van der Waals surface area contributed by atoms with Crippen LogP contribution in [0.25, 0.3) is 0 Å². The fourth-order valence-corrected chi connectivity index (χ4v) is 4.05. The Bertz CT molecular complexity index is 845. The van der Waals surface area contributed by atoms with Crippen LogP contribution in [0.15, 0.2) is 48.5 Å². The molecular formula is C22H25Cl2N3O2. The summed E-state index contributed by atoms with van der Waals surface area (Å²) in [5.74, 6) is -0.185. The maximum atomic E-state index is 12.2. The number of rotatable bonds is 7. The van der Waals surface area contributed by atoms with E-state index >= 15 is 0 Å². The Hall–Kier alpha value is -2.08. The molecule has 1 unspecified atom stereocenters. The minimum atomic E-state index is -0.395. The first kappa shape index (κ1) is 21.6. The highest BCUT2D eigenvalue weighted by Crippen LogP contribution is 2.21. The molecule has 0 saturated carbocycles. The Balaban J connectivity index is 1.40. The highest BCUT2D eigenvalue weighted by Gasteiger charge is 2.20. The molecule has 1 atom stereocenters. The summed E-state index contributed by atoms with van der Waals surface area (Å²) in [6.07, 6.45) is 2.22. The topological polar surface area (TPSA) is 61.4 Å². The molecule has 0 aromatic heterocycles. The summed E-state index contributed by atoms with van der Waals surface area (Å²) in [4.78, 5) is 26.7. The Morgan fingerprint density at radius 2 is 1.86 bits per heavy atom. The van der Waals surface area contributed by atoms with Gasteiger partial charge in [0.15, 0.2) is 0 Å². The average Bonchev–Trinajstić information content (AvgIpc) is 2.71. The zero-order valence-corrected chi connectivity index (χ0v) is 17.7. The van der Waals surface area contributed by atoms with E-state index in [2.05, 4.69) is 39.8 Å². The molecule has 154 valence electrons. The number of piperidine rings is 1. The number of likely N-dealkylation sites (tertiary alicyclic amines) is 1. The molecule has 1 aliphatic heterocycles. The van der Waals surface area contributed by atoms with Crippen LogP contribution in [0.5, 0.6) is 0 Å². The van der Waals surface area contributed by atoms with Crippen LogP contribution in [0.4, 0.5) is 0 Å². The van der Waals surface area contributed by atoms with Gasteiger partial charge in [-0.1, -0.05) is 53.5 Å². The summed E-state index contributed by atoms with van der Waals surface area (Å²) in [7, 11) is 0. The van der Waals surface area contributed by atoms with Crippen LogP contribution in [0.1, 0.15) is 28.8 Å². The van der Waals surface area contributed by atoms with Crippen LogP contribution in [0.2, 0.25) is 10.0 Å². The summed E-state index contributed by atoms with van der Waals surface area (Å²) >= 11 is 11.9. The first-order valence-electron chi connectivity index (χ1n) is 9.77. The molecule has 2 aromatic carbocycles. The van der Waals surface area contributed by atoms with E-state index in [1.54, 1.807) is 12.1 Å². The Morgan fingerprint density at radius 3 is 2.62 bits per heavy atom. The molecule has 0 radical (unpaired) electrons. The van der Waals surface area contributed by atoms with E-state index in [0.29, 0.717) is 23.0 Å². The smallest absolute Gasteiger partial charge is 0.253 e. The summed E-state index contributed by atoms with van der Waals surface area (Å²) in [5.41, 5.74) is 1.61. The van der Waals surface area contributed by atoms with Crippen LogP contribution in [0.3, 0.4) is 0 Å². The van der Waals surface area contributed by atoms with Gasteiger partial charge in [-0.25, -0.2) is 0 Å². The lowest BCUT2D eigenvalue weighted by Gasteiger charge is -2.32. The Labute approximate surface area is 181 Å². The zero-order chi connectivity index (χ0) is 20.6. The van der Waals surface area contributed by atoms with Crippen molar-refractivity contribution in [3.05, 3.63) is 69.7 Å². The monoisotopic (exact) mass is 433 g/mol. The summed E-state index contributed by atoms with van der Waals surface area (Å²) in [5, 5.41) is 6.25. The summed E-state index contributed by atoms with van der Waals surface area (Å²) in [6.45, 7) is 3.50. The van der Waals surface area contributed by atoms with E-state index in [9.17, 15) is 9.59 Å². The lowest BCUT2D eigenvalue weighted by atomic mass is 9.97. The predicted molar refractivity (Wildman–Crippen MR) is 116 cm³/mol. The molecule has 2 amide bonds. The molecule has 0 aliphatic carbocycles. The van der Waals surface area contributed by atoms with E-state index in [1.165, 1.54) is 11.6 Å². The third kappa shape index (κ3) is 6.74. The van der Waals surface area contributed by atoms with Crippen molar-refractivity contribution in [1.29, 1.82) is 0 Å². The van der Waals surface area contributed by atoms with Crippen LogP contribution in [-0.2, 0) is 11.3 Å². The van der Waals surface area contributed by atoms with E-state index in [4.69, 9.17) is 23.2 Å². The molecule has 2 N–H and O–H groups in total. The van der Waals surface area contributed by atoms with Gasteiger partial charge in [-0.15, -0.1) is 0 Å². The zero-order valence-electron chi connectivity index (χ0n) is 16.2. The third-order valence-corrected chi connectivity index (χ3v) is 5.57. The van der Waals surface area contributed by atoms with Crippen molar-refractivity contribution < 1.29 is 9.59 Å². The number of halogens is 2. The molecule has 0 bridgehead atoms. The van der Waals surface area contributed by atoms with E-state index in [0.717, 1.165) is 32.5 Å². The molecule has 1 heterocycles. The molecule has 5 nitrogen and oxygen atoms in total. The van der Waals surface area contributed by atoms with Gasteiger partial charge in [-0.2, -0.15) is 0 Å². The number of hydrogen-bond acceptors (Lipinski definition) is 3. The molecule has 1 aliphatic rings. The number of carbonyl (C=O) groups is 2. The van der Waals surface area contributed by atoms with Gasteiger partial charge in [0.2, 0.25) is 5.91 Å². The van der Waals surface area contributed by atoms with Crippen LogP contribution in [0, 0.1) is 5.92 Å². The number of amides is 2. The molecule has 2 aromatic rings. The molecule has 1 saturated heterocycles. The van der Waals surface area contributed by atoms with Crippen molar-refractivity contribution in [3.63, 3.8) is 0 Å². The standard InChI is InChI=1S/C22H25Cl2N3O2/c23-18-8-9-19(20(24)11-18)22(29)26-13-21(28)25-12-17-7-4-10-27(15-17)14-16-5-2-1-3-6-16/h1-3,5-6,8-9,11,17H,4,7,10,12-15H2,(H,25,28)(H,26,29). The van der Waals surface area contributed by atoms with Gasteiger partial charge in [0.05, 0.1) is 17.1 Å². The van der Waals surface area contributed by atoms with Gasteiger partial charge in [-0.3, -0.25) is 14.5 Å². The van der Waals surface area contributed by atoms with Crippen molar-refractivity contribution in [3.8, 4) is 0 Å². The quantitative estimate of drug-likeness (QED) is 0.698. The van der Waals surface area contributed by atoms with Crippen LogP contribution in [-0.4, -0.2) is 42.9 Å². The van der Waals surface area contributed by atoms with Gasteiger partial charge < -0.3 is 10.6 Å². The van der Waals surface area contributed by atoms with Gasteiger partial charge in [0.25, 0.3) is 5.91 Å². The molecule has 1 fully saturated rings. The molecule has 0 spiro atoms. The number of hydrogen-bond donors (Lipinski definition) is 2. The maximum absolute atomic E-state index is 12.2. The molecule has 7 heteroatoms. The number of carbonyl (C=O) groups excluding carboxylic acids is 2. The minimum absolute atomic E-state index is 0.0851. The Kier molecular flexibility index (Phi) is 7.92. The second-order valence-corrected chi connectivity index (χ2v) is 8.18. The SMILES string of the molecule is O=C(CNC(=O)c1ccc(Cl)cc1Cl)NCC1CCCN(Cc2ccccc2)C1. The maximum Gasteiger partial charge on any atom is 0.253 e. The van der Waals surface area contributed by atoms with Gasteiger partial charge in [0, 0.05) is 24.7 Å². The highest BCUT2D eigenvalue weighted by atomic mass is 35.5. The van der Waals surface area contributed by atoms with Crippen molar-refractivity contribution in [2.45, 2.75) is 19.4 Å². The van der Waals surface area contributed by atoms with Crippen molar-refractivity contribution in [2.24, 2.45) is 5.92 Å². The lowest BCUT2D eigenvalue weighted by molar-refractivity contribution is -0.120. The van der Waals surface area contributed by atoms with E-state index in [1.807, 2.05) is 6.07 Å². The molecule has 3 rings (SSSR count). The first-order chi connectivity index (χ1) is 14.0. The van der Waals surface area contributed by atoms with Crippen LogP contribution >= 0.6 is 23.2 Å². The second-order valence-electron chi connectivity index (χ2n) is 7.34. The summed E-state index contributed by atoms with van der Waals surface area (Å²) < 4.78 is 0. The van der Waals surface area contributed by atoms with Crippen LogP contribution < -0.4 is 10.6 Å². The van der Waals surface area contributed by atoms with Crippen molar-refractivity contribution in [2.75, 3.05) is 26.2 Å². The van der Waals surface area contributed by atoms with Gasteiger partial charge >= 0.3 is 0 Å². The van der Waals surface area contributed by atoms with Gasteiger partial charge in [-0.05, 0) is 49.1 Å². The first-order valence-corrected chi connectivity index (χ1v) is 10.5. The second kappa shape index (κ2) is 10.6. The third-order valence-electron chi connectivity index (χ3n) is 5.03. The number of nitrogens with zero attached hydrogens (tertiary/aromatic N) is 1. The predicted octanol–water partition coefficient (Wildman–Crippen LogP) is 3.75. The van der Waals surface area contributed by atoms with Crippen molar-refractivity contribution >= 4 is 35.0 Å². The minimum Gasteiger partial charge on any atom is -0.354 e. The summed E-state index contributed by atoms with van der Waals surface area (Å²) in [6, 6.07) is 15.1. The highest BCUT2D eigenvalue weighted by molar-refractivity contribution is 6.36. The number of nitrogens with one attached hydrogen (secondary N) is 2. The Morgan fingerprint density at radius 1 is 1.07 bits per heavy atom. The van der Waals surface area contributed by atoms with Crippen molar-refractivity contribution in [1.82, 2.24) is 15.5 Å².